The van der Waals surface area contributed by atoms with Crippen molar-refractivity contribution < 1.29 is 14.3 Å². The maximum absolute atomic E-state index is 11.3. The van der Waals surface area contributed by atoms with Crippen molar-refractivity contribution in [1.29, 1.82) is 0 Å². The summed E-state index contributed by atoms with van der Waals surface area (Å²) in [6, 6.07) is 0. The smallest absolute Gasteiger partial charge is 0.311 e. The van der Waals surface area contributed by atoms with Gasteiger partial charge in [-0.25, -0.2) is 0 Å². The van der Waals surface area contributed by atoms with Crippen LogP contribution in [0, 0.1) is 10.8 Å². The zero-order chi connectivity index (χ0) is 9.53. The van der Waals surface area contributed by atoms with Crippen molar-refractivity contribution >= 4 is 12.3 Å². The van der Waals surface area contributed by atoms with Crippen LogP contribution in [0.4, 0.5) is 0 Å². The Hall–Kier alpha value is -0.860. The molecular formula is C10H14O3. The van der Waals surface area contributed by atoms with Crippen molar-refractivity contribution in [2.24, 2.45) is 10.8 Å². The molecule has 3 saturated carbocycles. The van der Waals surface area contributed by atoms with Gasteiger partial charge in [0, 0.05) is 6.42 Å². The van der Waals surface area contributed by atoms with Gasteiger partial charge in [0.25, 0.3) is 0 Å². The molecule has 0 unspecified atom stereocenters. The molecule has 3 rings (SSSR count). The van der Waals surface area contributed by atoms with E-state index in [2.05, 4.69) is 0 Å². The van der Waals surface area contributed by atoms with Crippen LogP contribution in [-0.4, -0.2) is 19.4 Å². The highest BCUT2D eigenvalue weighted by molar-refractivity contribution is 5.81. The third-order valence-electron chi connectivity index (χ3n) is 3.55. The number of carbonyl (C=O) groups excluding carboxylic acids is 2. The number of carbonyl (C=O) groups is 2. The Kier molecular flexibility index (Phi) is 1.72. The fourth-order valence-electron chi connectivity index (χ4n) is 3.06. The van der Waals surface area contributed by atoms with E-state index in [-0.39, 0.29) is 11.4 Å². The van der Waals surface area contributed by atoms with Crippen molar-refractivity contribution in [3.05, 3.63) is 0 Å². The van der Waals surface area contributed by atoms with Gasteiger partial charge < -0.3 is 9.53 Å². The van der Waals surface area contributed by atoms with E-state index in [0.717, 1.165) is 32.0 Å². The van der Waals surface area contributed by atoms with E-state index < -0.39 is 0 Å². The van der Waals surface area contributed by atoms with Crippen molar-refractivity contribution in [2.45, 2.75) is 32.1 Å². The van der Waals surface area contributed by atoms with Crippen LogP contribution in [0.25, 0.3) is 0 Å². The first-order chi connectivity index (χ1) is 6.16. The first-order valence-electron chi connectivity index (χ1n) is 4.69. The summed E-state index contributed by atoms with van der Waals surface area (Å²) in [6.07, 6.45) is 5.39. The number of rotatable bonds is 4. The van der Waals surface area contributed by atoms with Gasteiger partial charge in [0.1, 0.15) is 6.29 Å². The number of hydrogen-bond donors (Lipinski definition) is 0. The summed E-state index contributed by atoms with van der Waals surface area (Å²) in [7, 11) is 1.45. The number of hydrogen-bond acceptors (Lipinski definition) is 3. The van der Waals surface area contributed by atoms with Crippen LogP contribution >= 0.6 is 0 Å². The monoisotopic (exact) mass is 182 g/mol. The molecule has 0 heterocycles. The van der Waals surface area contributed by atoms with Crippen molar-refractivity contribution in [3.63, 3.8) is 0 Å². The minimum Gasteiger partial charge on any atom is -0.469 e. The summed E-state index contributed by atoms with van der Waals surface area (Å²) in [5.41, 5.74) is 0.187. The lowest BCUT2D eigenvalue weighted by molar-refractivity contribution is -0.227. The van der Waals surface area contributed by atoms with Gasteiger partial charge in [0.15, 0.2) is 0 Å². The molecular weight excluding hydrogens is 168 g/mol. The van der Waals surface area contributed by atoms with Gasteiger partial charge in [-0.3, -0.25) is 4.79 Å². The van der Waals surface area contributed by atoms with Crippen LogP contribution in [0.5, 0.6) is 0 Å². The summed E-state index contributed by atoms with van der Waals surface area (Å²) < 4.78 is 4.74. The molecule has 0 amide bonds. The molecule has 0 N–H and O–H groups in total. The van der Waals surface area contributed by atoms with Gasteiger partial charge in [-0.2, -0.15) is 0 Å². The maximum Gasteiger partial charge on any atom is 0.311 e. The number of methoxy groups -OCH3 is 1. The maximum atomic E-state index is 11.3. The van der Waals surface area contributed by atoms with Gasteiger partial charge >= 0.3 is 5.97 Å². The first-order valence-corrected chi connectivity index (χ1v) is 4.69. The number of ether oxygens (including phenoxy) is 1. The summed E-state index contributed by atoms with van der Waals surface area (Å²) in [5.74, 6) is -0.0551. The quantitative estimate of drug-likeness (QED) is 0.486. The molecule has 0 aliphatic heterocycles. The van der Waals surface area contributed by atoms with Crippen LogP contribution in [0.3, 0.4) is 0 Å². The molecule has 0 saturated heterocycles. The SMILES string of the molecule is COC(=O)C12CC(CCC=O)(C1)C2. The van der Waals surface area contributed by atoms with Gasteiger partial charge in [-0.1, -0.05) is 0 Å². The van der Waals surface area contributed by atoms with Crippen molar-refractivity contribution in [1.82, 2.24) is 0 Å². The lowest BCUT2D eigenvalue weighted by atomic mass is 9.34. The Morgan fingerprint density at radius 3 is 2.54 bits per heavy atom. The van der Waals surface area contributed by atoms with Gasteiger partial charge in [-0.15, -0.1) is 0 Å². The van der Waals surface area contributed by atoms with Crippen LogP contribution in [-0.2, 0) is 14.3 Å². The molecule has 0 spiro atoms. The Morgan fingerprint density at radius 1 is 1.46 bits per heavy atom. The highest BCUT2D eigenvalue weighted by atomic mass is 16.5. The average molecular weight is 182 g/mol. The zero-order valence-electron chi connectivity index (χ0n) is 7.84. The molecule has 3 fully saturated rings. The lowest BCUT2D eigenvalue weighted by Crippen LogP contribution is -2.65. The Bertz CT molecular complexity index is 237. The number of esters is 1. The predicted octanol–water partition coefficient (Wildman–Crippen LogP) is 1.31. The summed E-state index contributed by atoms with van der Waals surface area (Å²) >= 11 is 0. The highest BCUT2D eigenvalue weighted by Crippen LogP contribution is 2.75. The second-order valence-corrected chi connectivity index (χ2v) is 4.51. The lowest BCUT2D eigenvalue weighted by Gasteiger charge is -2.68. The summed E-state index contributed by atoms with van der Waals surface area (Å²) in [4.78, 5) is 21.5. The Balaban J connectivity index is 1.85. The van der Waals surface area contributed by atoms with E-state index in [4.69, 9.17) is 4.74 Å². The third-order valence-corrected chi connectivity index (χ3v) is 3.55. The topological polar surface area (TPSA) is 43.4 Å². The molecule has 13 heavy (non-hydrogen) atoms. The molecule has 3 aliphatic carbocycles. The van der Waals surface area contributed by atoms with E-state index >= 15 is 0 Å². The molecule has 2 bridgehead atoms. The Morgan fingerprint density at radius 2 is 2.08 bits per heavy atom. The zero-order valence-corrected chi connectivity index (χ0v) is 7.84. The fraction of sp³-hybridized carbons (Fsp3) is 0.800. The molecule has 0 aromatic heterocycles. The third kappa shape index (κ3) is 1.02. The minimum atomic E-state index is -0.141. The van der Waals surface area contributed by atoms with Gasteiger partial charge in [0.2, 0.25) is 0 Å². The molecule has 0 atom stereocenters. The van der Waals surface area contributed by atoms with Crippen LogP contribution < -0.4 is 0 Å². The van der Waals surface area contributed by atoms with E-state index in [0.29, 0.717) is 11.8 Å². The van der Waals surface area contributed by atoms with E-state index in [9.17, 15) is 9.59 Å². The predicted molar refractivity (Wildman–Crippen MR) is 46.0 cm³/mol. The summed E-state index contributed by atoms with van der Waals surface area (Å²) in [5, 5.41) is 0. The average Bonchev–Trinajstić information content (AvgIpc) is 1.99. The summed E-state index contributed by atoms with van der Waals surface area (Å²) in [6.45, 7) is 0. The van der Waals surface area contributed by atoms with Crippen molar-refractivity contribution in [3.8, 4) is 0 Å². The van der Waals surface area contributed by atoms with Crippen molar-refractivity contribution in [2.75, 3.05) is 7.11 Å². The van der Waals surface area contributed by atoms with E-state index in [1.165, 1.54) is 7.11 Å². The van der Waals surface area contributed by atoms with E-state index in [1.807, 2.05) is 0 Å². The van der Waals surface area contributed by atoms with Gasteiger partial charge in [0.05, 0.1) is 12.5 Å². The molecule has 0 aromatic carbocycles. The Labute approximate surface area is 77.4 Å². The van der Waals surface area contributed by atoms with Gasteiger partial charge in [-0.05, 0) is 31.1 Å². The fourth-order valence-corrected chi connectivity index (χ4v) is 3.06. The normalized spacial score (nSPS) is 40.1. The standard InChI is InChI=1S/C10H14O3/c1-13-8(12)10-5-9(6-10,7-10)3-2-4-11/h4H,2-3,5-7H2,1H3. The highest BCUT2D eigenvalue weighted by Gasteiger charge is 2.71. The minimum absolute atomic E-state index is 0.0551. The molecule has 3 aliphatic rings. The molecule has 72 valence electrons. The van der Waals surface area contributed by atoms with Crippen LogP contribution in [0.2, 0.25) is 0 Å². The second kappa shape index (κ2) is 2.56. The second-order valence-electron chi connectivity index (χ2n) is 4.51. The molecule has 3 nitrogen and oxygen atoms in total. The molecule has 3 heteroatoms. The van der Waals surface area contributed by atoms with Crippen LogP contribution in [0.1, 0.15) is 32.1 Å². The molecule has 0 aromatic rings. The van der Waals surface area contributed by atoms with Crippen LogP contribution in [0.15, 0.2) is 0 Å². The largest absolute Gasteiger partial charge is 0.469 e. The first kappa shape index (κ1) is 8.73. The number of aldehydes is 1. The van der Waals surface area contributed by atoms with E-state index in [1.54, 1.807) is 0 Å². The molecule has 0 radical (unpaired) electrons.